The maximum Gasteiger partial charge on any atom is 0.110 e. The molecular formula is C13H25NO4. The Labute approximate surface area is 108 Å². The summed E-state index contributed by atoms with van der Waals surface area (Å²) in [5.74, 6) is 0. The molecule has 18 heavy (non-hydrogen) atoms. The molecule has 0 radical (unpaired) electrons. The molecule has 1 saturated carbocycles. The third-order valence-electron chi connectivity index (χ3n) is 3.96. The number of nitrogens with two attached hydrogens (primary N) is 1. The van der Waals surface area contributed by atoms with Crippen molar-refractivity contribution in [3.05, 3.63) is 0 Å². The van der Waals surface area contributed by atoms with Crippen LogP contribution in [0.3, 0.4) is 0 Å². The summed E-state index contributed by atoms with van der Waals surface area (Å²) < 4.78 is 11.4. The Balaban J connectivity index is 1.78. The van der Waals surface area contributed by atoms with Crippen molar-refractivity contribution in [2.45, 2.75) is 69.0 Å². The summed E-state index contributed by atoms with van der Waals surface area (Å²) >= 11 is 0. The number of aliphatic hydroxyl groups excluding tert-OH is 2. The number of ether oxygens (including phenoxy) is 2. The highest BCUT2D eigenvalue weighted by Crippen LogP contribution is 2.24. The SMILES string of the molecule is NC[C@H]1C[C@@H](O)[C@H](O)C(COC2CCCCC2)O1. The van der Waals surface area contributed by atoms with E-state index in [2.05, 4.69) is 0 Å². The van der Waals surface area contributed by atoms with Gasteiger partial charge in [0.25, 0.3) is 0 Å². The Morgan fingerprint density at radius 3 is 2.56 bits per heavy atom. The second-order valence-electron chi connectivity index (χ2n) is 5.42. The largest absolute Gasteiger partial charge is 0.390 e. The molecule has 1 saturated heterocycles. The Bertz CT molecular complexity index is 245. The number of aliphatic hydroxyl groups is 2. The van der Waals surface area contributed by atoms with Crippen molar-refractivity contribution in [2.24, 2.45) is 5.73 Å². The molecule has 4 atom stereocenters. The predicted octanol–water partition coefficient (Wildman–Crippen LogP) is 0.174. The van der Waals surface area contributed by atoms with Crippen molar-refractivity contribution in [1.82, 2.24) is 0 Å². The molecule has 106 valence electrons. The average Bonchev–Trinajstić information content (AvgIpc) is 2.41. The summed E-state index contributed by atoms with van der Waals surface area (Å²) in [4.78, 5) is 0. The van der Waals surface area contributed by atoms with Gasteiger partial charge in [0.05, 0.1) is 24.9 Å². The van der Waals surface area contributed by atoms with E-state index in [1.54, 1.807) is 0 Å². The predicted molar refractivity (Wildman–Crippen MR) is 67.2 cm³/mol. The van der Waals surface area contributed by atoms with E-state index in [0.29, 0.717) is 19.6 Å². The Morgan fingerprint density at radius 2 is 1.89 bits per heavy atom. The minimum absolute atomic E-state index is 0.177. The van der Waals surface area contributed by atoms with Crippen LogP contribution in [-0.2, 0) is 9.47 Å². The zero-order chi connectivity index (χ0) is 13.0. The minimum atomic E-state index is -0.864. The van der Waals surface area contributed by atoms with Crippen LogP contribution in [0, 0.1) is 0 Å². The molecule has 0 aromatic carbocycles. The molecule has 2 rings (SSSR count). The molecule has 1 heterocycles. The van der Waals surface area contributed by atoms with Crippen LogP contribution in [-0.4, -0.2) is 53.9 Å². The van der Waals surface area contributed by atoms with E-state index in [4.69, 9.17) is 15.2 Å². The lowest BCUT2D eigenvalue weighted by Gasteiger charge is -2.37. The summed E-state index contributed by atoms with van der Waals surface area (Å²) in [7, 11) is 0. The summed E-state index contributed by atoms with van der Waals surface area (Å²) in [6.07, 6.45) is 4.33. The van der Waals surface area contributed by atoms with Gasteiger partial charge in [-0.2, -0.15) is 0 Å². The van der Waals surface area contributed by atoms with Gasteiger partial charge >= 0.3 is 0 Å². The van der Waals surface area contributed by atoms with Crippen LogP contribution < -0.4 is 5.73 Å². The molecule has 5 heteroatoms. The standard InChI is InChI=1S/C13H25NO4/c14-7-10-6-11(15)13(16)12(18-10)8-17-9-4-2-1-3-5-9/h9-13,15-16H,1-8,14H2/t10-,11-,12?,13+/m1/s1. The van der Waals surface area contributed by atoms with Crippen LogP contribution in [0.5, 0.6) is 0 Å². The van der Waals surface area contributed by atoms with Crippen LogP contribution >= 0.6 is 0 Å². The molecule has 0 amide bonds. The van der Waals surface area contributed by atoms with Crippen molar-refractivity contribution >= 4 is 0 Å². The van der Waals surface area contributed by atoms with Crippen LogP contribution in [0.1, 0.15) is 38.5 Å². The van der Waals surface area contributed by atoms with E-state index in [0.717, 1.165) is 12.8 Å². The van der Waals surface area contributed by atoms with Gasteiger partial charge in [0.2, 0.25) is 0 Å². The van der Waals surface area contributed by atoms with Gasteiger partial charge in [-0.25, -0.2) is 0 Å². The molecule has 1 unspecified atom stereocenters. The van der Waals surface area contributed by atoms with Gasteiger partial charge in [0, 0.05) is 13.0 Å². The van der Waals surface area contributed by atoms with E-state index in [1.165, 1.54) is 19.3 Å². The Hall–Kier alpha value is -0.200. The van der Waals surface area contributed by atoms with Gasteiger partial charge in [0.15, 0.2) is 0 Å². The normalized spacial score (nSPS) is 38.8. The van der Waals surface area contributed by atoms with E-state index >= 15 is 0 Å². The summed E-state index contributed by atoms with van der Waals surface area (Å²) in [5, 5.41) is 19.6. The van der Waals surface area contributed by atoms with Crippen molar-refractivity contribution in [3.8, 4) is 0 Å². The van der Waals surface area contributed by atoms with Crippen molar-refractivity contribution in [3.63, 3.8) is 0 Å². The van der Waals surface area contributed by atoms with Gasteiger partial charge in [-0.15, -0.1) is 0 Å². The van der Waals surface area contributed by atoms with Gasteiger partial charge in [-0.1, -0.05) is 19.3 Å². The number of hydrogen-bond acceptors (Lipinski definition) is 5. The van der Waals surface area contributed by atoms with Crippen LogP contribution in [0.15, 0.2) is 0 Å². The molecule has 5 nitrogen and oxygen atoms in total. The molecule has 2 fully saturated rings. The van der Waals surface area contributed by atoms with Crippen molar-refractivity contribution in [2.75, 3.05) is 13.2 Å². The first-order valence-electron chi connectivity index (χ1n) is 7.04. The molecular weight excluding hydrogens is 234 g/mol. The molecule has 4 N–H and O–H groups in total. The molecule has 2 aliphatic rings. The van der Waals surface area contributed by atoms with Gasteiger partial charge in [0.1, 0.15) is 12.2 Å². The van der Waals surface area contributed by atoms with Crippen LogP contribution in [0.25, 0.3) is 0 Å². The summed E-state index contributed by atoms with van der Waals surface area (Å²) in [5.41, 5.74) is 5.55. The molecule has 1 aliphatic heterocycles. The number of rotatable bonds is 4. The van der Waals surface area contributed by atoms with Crippen molar-refractivity contribution < 1.29 is 19.7 Å². The molecule has 0 aromatic rings. The fraction of sp³-hybridized carbons (Fsp3) is 1.00. The first kappa shape index (κ1) is 14.2. The highest BCUT2D eigenvalue weighted by atomic mass is 16.6. The third-order valence-corrected chi connectivity index (χ3v) is 3.96. The number of hydrogen-bond donors (Lipinski definition) is 3. The third kappa shape index (κ3) is 3.65. The lowest BCUT2D eigenvalue weighted by molar-refractivity contribution is -0.188. The van der Waals surface area contributed by atoms with Crippen LogP contribution in [0.2, 0.25) is 0 Å². The second-order valence-corrected chi connectivity index (χ2v) is 5.42. The fourth-order valence-electron chi connectivity index (χ4n) is 2.79. The zero-order valence-electron chi connectivity index (χ0n) is 10.8. The second kappa shape index (κ2) is 6.82. The fourth-order valence-corrected chi connectivity index (χ4v) is 2.79. The maximum absolute atomic E-state index is 9.88. The maximum atomic E-state index is 9.88. The highest BCUT2D eigenvalue weighted by Gasteiger charge is 2.36. The quantitative estimate of drug-likeness (QED) is 0.670. The summed E-state index contributed by atoms with van der Waals surface area (Å²) in [6.45, 7) is 0.711. The monoisotopic (exact) mass is 259 g/mol. The summed E-state index contributed by atoms with van der Waals surface area (Å²) in [6, 6.07) is 0. The average molecular weight is 259 g/mol. The molecule has 0 spiro atoms. The molecule has 0 aromatic heterocycles. The van der Waals surface area contributed by atoms with Gasteiger partial charge in [-0.3, -0.25) is 0 Å². The lowest BCUT2D eigenvalue weighted by atomic mass is 9.96. The van der Waals surface area contributed by atoms with Gasteiger partial charge in [-0.05, 0) is 12.8 Å². The highest BCUT2D eigenvalue weighted by molar-refractivity contribution is 4.86. The smallest absolute Gasteiger partial charge is 0.110 e. The van der Waals surface area contributed by atoms with E-state index in [-0.39, 0.29) is 12.2 Å². The van der Waals surface area contributed by atoms with Crippen LogP contribution in [0.4, 0.5) is 0 Å². The topological polar surface area (TPSA) is 84.9 Å². The molecule has 0 bridgehead atoms. The first-order chi connectivity index (χ1) is 8.70. The van der Waals surface area contributed by atoms with Crippen molar-refractivity contribution in [1.29, 1.82) is 0 Å². The molecule has 1 aliphatic carbocycles. The van der Waals surface area contributed by atoms with E-state index < -0.39 is 18.3 Å². The Kier molecular flexibility index (Phi) is 5.38. The van der Waals surface area contributed by atoms with Gasteiger partial charge < -0.3 is 25.4 Å². The first-order valence-corrected chi connectivity index (χ1v) is 7.04. The zero-order valence-corrected chi connectivity index (χ0v) is 10.8. The van der Waals surface area contributed by atoms with E-state index in [1.807, 2.05) is 0 Å². The lowest BCUT2D eigenvalue weighted by Crippen LogP contribution is -2.52. The Morgan fingerprint density at radius 1 is 1.17 bits per heavy atom. The minimum Gasteiger partial charge on any atom is -0.390 e. The van der Waals surface area contributed by atoms with E-state index in [9.17, 15) is 10.2 Å².